The van der Waals surface area contributed by atoms with Gasteiger partial charge in [0.2, 0.25) is 0 Å². The van der Waals surface area contributed by atoms with E-state index in [9.17, 15) is 0 Å². The van der Waals surface area contributed by atoms with E-state index in [1.165, 1.54) is 50.1 Å². The largest absolute Gasteiger partial charge is 0.368 e. The van der Waals surface area contributed by atoms with Crippen LogP contribution in [0.2, 0.25) is 0 Å². The molecular weight excluding hydrogens is 524 g/mol. The maximum atomic E-state index is 7.06. The third-order valence-electron chi connectivity index (χ3n) is 9.56. The minimum atomic E-state index is -0.639. The number of benzene rings is 4. The highest BCUT2D eigenvalue weighted by molar-refractivity contribution is 6.11. The molecule has 0 aliphatic heterocycles. The van der Waals surface area contributed by atoms with Crippen molar-refractivity contribution in [3.63, 3.8) is 0 Å². The van der Waals surface area contributed by atoms with E-state index in [1.807, 2.05) is 0 Å². The minimum Gasteiger partial charge on any atom is -0.368 e. The van der Waals surface area contributed by atoms with E-state index >= 15 is 0 Å². The average molecular weight is 557 g/mol. The molecular formula is C41H32O2. The summed E-state index contributed by atoms with van der Waals surface area (Å²) in [7, 11) is 1.75. The maximum absolute atomic E-state index is 7.06. The number of methoxy groups -OCH3 is 1. The van der Waals surface area contributed by atoms with Crippen molar-refractivity contribution in [2.24, 2.45) is 0 Å². The van der Waals surface area contributed by atoms with Crippen molar-refractivity contribution >= 4 is 22.3 Å². The SMILES string of the molecule is C#CCC1(OC)C=C(C2=CC(OC3C=C(C4=CC(C)c5ccccc54)c4ccccc43)c3ccccc32)c2ccccc21. The molecule has 4 atom stereocenters. The molecule has 208 valence electrons. The number of hydrogen-bond acceptors (Lipinski definition) is 2. The molecule has 2 nitrogen and oxygen atoms in total. The van der Waals surface area contributed by atoms with Crippen LogP contribution < -0.4 is 0 Å². The average Bonchev–Trinajstić information content (AvgIpc) is 3.78. The summed E-state index contributed by atoms with van der Waals surface area (Å²) in [6, 6.07) is 34.5. The lowest BCUT2D eigenvalue weighted by Gasteiger charge is -2.25. The Labute approximate surface area is 253 Å². The minimum absolute atomic E-state index is 0.159. The molecule has 0 radical (unpaired) electrons. The number of hydrogen-bond donors (Lipinski definition) is 0. The van der Waals surface area contributed by atoms with Crippen LogP contribution in [0, 0.1) is 12.3 Å². The summed E-state index contributed by atoms with van der Waals surface area (Å²) in [5.41, 5.74) is 14.1. The Hall–Kier alpha value is -4.68. The predicted molar refractivity (Wildman–Crippen MR) is 175 cm³/mol. The van der Waals surface area contributed by atoms with Crippen molar-refractivity contribution in [1.29, 1.82) is 0 Å². The van der Waals surface area contributed by atoms with Crippen molar-refractivity contribution in [3.05, 3.63) is 166 Å². The van der Waals surface area contributed by atoms with E-state index in [0.29, 0.717) is 12.3 Å². The molecule has 0 heterocycles. The lowest BCUT2D eigenvalue weighted by Crippen LogP contribution is -2.23. The third kappa shape index (κ3) is 3.90. The van der Waals surface area contributed by atoms with Crippen LogP contribution in [0.4, 0.5) is 0 Å². The van der Waals surface area contributed by atoms with Gasteiger partial charge in [-0.3, -0.25) is 0 Å². The van der Waals surface area contributed by atoms with E-state index in [2.05, 4.69) is 134 Å². The van der Waals surface area contributed by atoms with Gasteiger partial charge < -0.3 is 9.47 Å². The van der Waals surface area contributed by atoms with Crippen molar-refractivity contribution in [3.8, 4) is 12.3 Å². The number of rotatable bonds is 6. The van der Waals surface area contributed by atoms with Gasteiger partial charge >= 0.3 is 0 Å². The molecule has 8 rings (SSSR count). The van der Waals surface area contributed by atoms with Crippen molar-refractivity contribution in [2.45, 2.75) is 37.1 Å². The molecule has 0 N–H and O–H groups in total. The van der Waals surface area contributed by atoms with Crippen LogP contribution in [0.15, 0.2) is 121 Å². The Balaban J connectivity index is 1.20. The fourth-order valence-electron chi connectivity index (χ4n) is 7.54. The molecule has 4 aliphatic rings. The van der Waals surface area contributed by atoms with Crippen LogP contribution in [-0.4, -0.2) is 7.11 Å². The Bertz CT molecular complexity index is 1960. The van der Waals surface area contributed by atoms with Gasteiger partial charge in [0.25, 0.3) is 0 Å². The number of terminal acetylenes is 1. The van der Waals surface area contributed by atoms with Gasteiger partial charge in [0, 0.05) is 19.4 Å². The normalized spacial score (nSPS) is 24.3. The van der Waals surface area contributed by atoms with Crippen LogP contribution in [0.1, 0.15) is 76.0 Å². The van der Waals surface area contributed by atoms with Crippen LogP contribution in [0.25, 0.3) is 22.3 Å². The van der Waals surface area contributed by atoms with Crippen LogP contribution >= 0.6 is 0 Å². The Morgan fingerprint density at radius 1 is 0.628 bits per heavy atom. The molecule has 0 aromatic heterocycles. The lowest BCUT2D eigenvalue weighted by molar-refractivity contribution is 0.0363. The fourth-order valence-corrected chi connectivity index (χ4v) is 7.54. The topological polar surface area (TPSA) is 18.5 Å². The zero-order chi connectivity index (χ0) is 29.1. The molecule has 0 saturated carbocycles. The summed E-state index contributed by atoms with van der Waals surface area (Å²) in [6.07, 6.45) is 15.2. The summed E-state index contributed by atoms with van der Waals surface area (Å²) in [6.45, 7) is 2.28. The second-order valence-corrected chi connectivity index (χ2v) is 11.8. The summed E-state index contributed by atoms with van der Waals surface area (Å²) < 4.78 is 13.2. The first-order chi connectivity index (χ1) is 21.1. The van der Waals surface area contributed by atoms with Crippen molar-refractivity contribution in [1.82, 2.24) is 0 Å². The number of fused-ring (bicyclic) bond motifs is 4. The first kappa shape index (κ1) is 26.0. The maximum Gasteiger partial charge on any atom is 0.123 e. The molecule has 0 spiro atoms. The quantitative estimate of drug-likeness (QED) is 0.220. The summed E-state index contributed by atoms with van der Waals surface area (Å²) in [4.78, 5) is 0. The molecule has 2 heteroatoms. The second-order valence-electron chi connectivity index (χ2n) is 11.8. The van der Waals surface area contributed by atoms with Gasteiger partial charge in [-0.1, -0.05) is 110 Å². The Morgan fingerprint density at radius 2 is 1.12 bits per heavy atom. The van der Waals surface area contributed by atoms with Crippen LogP contribution in [-0.2, 0) is 15.1 Å². The zero-order valence-electron chi connectivity index (χ0n) is 24.4. The first-order valence-corrected chi connectivity index (χ1v) is 15.0. The summed E-state index contributed by atoms with van der Waals surface area (Å²) in [5, 5.41) is 0. The first-order valence-electron chi connectivity index (χ1n) is 15.0. The molecule has 0 saturated heterocycles. The highest BCUT2D eigenvalue weighted by Gasteiger charge is 2.41. The molecule has 4 unspecified atom stereocenters. The van der Waals surface area contributed by atoms with E-state index < -0.39 is 5.60 Å². The van der Waals surface area contributed by atoms with Gasteiger partial charge in [0.15, 0.2) is 0 Å². The van der Waals surface area contributed by atoms with Gasteiger partial charge in [0.1, 0.15) is 17.8 Å². The molecule has 0 fully saturated rings. The summed E-state index contributed by atoms with van der Waals surface area (Å²) in [5.74, 6) is 3.24. The third-order valence-corrected chi connectivity index (χ3v) is 9.56. The van der Waals surface area contributed by atoms with Crippen LogP contribution in [0.3, 0.4) is 0 Å². The Morgan fingerprint density at radius 3 is 1.72 bits per heavy atom. The lowest BCUT2D eigenvalue weighted by atomic mass is 9.92. The number of ether oxygens (including phenoxy) is 2. The van der Waals surface area contributed by atoms with Gasteiger partial charge in [-0.25, -0.2) is 0 Å². The highest BCUT2D eigenvalue weighted by atomic mass is 16.5. The zero-order valence-corrected chi connectivity index (χ0v) is 24.4. The van der Waals surface area contributed by atoms with Crippen molar-refractivity contribution in [2.75, 3.05) is 7.11 Å². The van der Waals surface area contributed by atoms with E-state index in [1.54, 1.807) is 7.11 Å². The standard InChI is InChI=1S/C41H32O2/c1-4-21-41(42-3)25-37(31-17-11-12-20-38(31)41)36-24-40(33-19-10-8-16-30(33)36)43-39-23-35(29-15-7-9-18-32(29)39)34-22-26(2)27-13-5-6-14-28(27)34/h1,5-20,22-26,39-40H,21H2,2-3H3. The van der Waals surface area contributed by atoms with Gasteiger partial charge in [-0.15, -0.1) is 12.3 Å². The molecule has 43 heavy (non-hydrogen) atoms. The second kappa shape index (κ2) is 9.96. The van der Waals surface area contributed by atoms with Crippen molar-refractivity contribution < 1.29 is 9.47 Å². The Kier molecular flexibility index (Phi) is 6.02. The molecule has 4 aromatic rings. The van der Waals surface area contributed by atoms with Gasteiger partial charge in [0.05, 0.1) is 0 Å². The molecule has 4 aromatic carbocycles. The number of allylic oxidation sites excluding steroid dienone is 5. The molecule has 0 amide bonds. The van der Waals surface area contributed by atoms with Gasteiger partial charge in [-0.2, -0.15) is 0 Å². The summed E-state index contributed by atoms with van der Waals surface area (Å²) >= 11 is 0. The monoisotopic (exact) mass is 556 g/mol. The fraction of sp³-hybridized carbons (Fsp3) is 0.171. The van der Waals surface area contributed by atoms with E-state index in [0.717, 1.165) is 16.7 Å². The molecule has 4 aliphatic carbocycles. The van der Waals surface area contributed by atoms with E-state index in [-0.39, 0.29) is 12.2 Å². The van der Waals surface area contributed by atoms with Crippen LogP contribution in [0.5, 0.6) is 0 Å². The predicted octanol–water partition coefficient (Wildman–Crippen LogP) is 9.44. The molecule has 0 bridgehead atoms. The van der Waals surface area contributed by atoms with Gasteiger partial charge in [-0.05, 0) is 85.0 Å². The highest BCUT2D eigenvalue weighted by Crippen LogP contribution is 2.54. The van der Waals surface area contributed by atoms with E-state index in [4.69, 9.17) is 15.9 Å². The smallest absolute Gasteiger partial charge is 0.123 e.